The Morgan fingerprint density at radius 1 is 1.47 bits per heavy atom. The van der Waals surface area contributed by atoms with E-state index in [0.29, 0.717) is 10.8 Å². The molecule has 1 aromatic carbocycles. The van der Waals surface area contributed by atoms with Crippen LogP contribution in [0.15, 0.2) is 17.1 Å². The lowest BCUT2D eigenvalue weighted by Crippen LogP contribution is -2.32. The lowest BCUT2D eigenvalue weighted by Gasteiger charge is -2.38. The molecule has 2 rings (SSSR count). The number of hydrogen-bond acceptors (Lipinski definition) is 3. The van der Waals surface area contributed by atoms with Gasteiger partial charge < -0.3 is 4.74 Å². The summed E-state index contributed by atoms with van der Waals surface area (Å²) >= 11 is 6.16. The molecule has 0 aromatic heterocycles. The fourth-order valence-electron chi connectivity index (χ4n) is 2.32. The van der Waals surface area contributed by atoms with E-state index >= 15 is 0 Å². The largest absolute Gasteiger partial charge is 0.495 e. The van der Waals surface area contributed by atoms with Crippen LogP contribution in [0.4, 0.5) is 0 Å². The molecule has 0 saturated heterocycles. The zero-order chi connectivity index (χ0) is 12.5. The Kier molecular flexibility index (Phi) is 3.23. The van der Waals surface area contributed by atoms with Crippen molar-refractivity contribution in [1.82, 2.24) is 0 Å². The van der Waals surface area contributed by atoms with Gasteiger partial charge in [-0.3, -0.25) is 0 Å². The molecular formula is C13H14ClNO2. The Morgan fingerprint density at radius 3 is 2.65 bits per heavy atom. The monoisotopic (exact) mass is 251 g/mol. The summed E-state index contributed by atoms with van der Waals surface area (Å²) in [4.78, 5) is 14.6. The summed E-state index contributed by atoms with van der Waals surface area (Å²) in [7, 11) is 1.58. The third-order valence-electron chi connectivity index (χ3n) is 3.33. The van der Waals surface area contributed by atoms with E-state index in [1.165, 1.54) is 0 Å². The molecular weight excluding hydrogens is 238 g/mol. The number of carbonyl (C=O) groups excluding carboxylic acids is 1. The van der Waals surface area contributed by atoms with E-state index in [0.717, 1.165) is 30.4 Å². The van der Waals surface area contributed by atoms with Gasteiger partial charge in [0.25, 0.3) is 0 Å². The van der Waals surface area contributed by atoms with Gasteiger partial charge in [0.2, 0.25) is 6.08 Å². The summed E-state index contributed by atoms with van der Waals surface area (Å²) in [5.41, 5.74) is 1.47. The highest BCUT2D eigenvalue weighted by molar-refractivity contribution is 6.32. The number of hydrogen-bond donors (Lipinski definition) is 0. The number of methoxy groups -OCH3 is 1. The van der Waals surface area contributed by atoms with Crippen molar-refractivity contribution in [2.75, 3.05) is 7.11 Å². The number of aliphatic imine (C=N–C) groups is 1. The first-order valence-electron chi connectivity index (χ1n) is 5.56. The van der Waals surface area contributed by atoms with E-state index in [1.54, 1.807) is 13.2 Å². The fraction of sp³-hybridized carbons (Fsp3) is 0.462. The summed E-state index contributed by atoms with van der Waals surface area (Å²) < 4.78 is 5.34. The molecule has 17 heavy (non-hydrogen) atoms. The predicted octanol–water partition coefficient (Wildman–Crippen LogP) is 3.37. The Hall–Kier alpha value is -1.31. The van der Waals surface area contributed by atoms with Gasteiger partial charge in [0.1, 0.15) is 11.3 Å². The third-order valence-corrected chi connectivity index (χ3v) is 3.61. The maximum absolute atomic E-state index is 10.6. The Balaban J connectivity index is 2.60. The van der Waals surface area contributed by atoms with Gasteiger partial charge in [0.05, 0.1) is 12.1 Å². The van der Waals surface area contributed by atoms with Gasteiger partial charge in [0, 0.05) is 5.56 Å². The van der Waals surface area contributed by atoms with Gasteiger partial charge in [-0.05, 0) is 43.9 Å². The van der Waals surface area contributed by atoms with Crippen molar-refractivity contribution in [1.29, 1.82) is 0 Å². The minimum Gasteiger partial charge on any atom is -0.495 e. The van der Waals surface area contributed by atoms with E-state index in [9.17, 15) is 4.79 Å². The molecule has 3 nitrogen and oxygen atoms in total. The molecule has 1 aliphatic rings. The summed E-state index contributed by atoms with van der Waals surface area (Å²) in [6, 6.07) is 3.84. The SMILES string of the molecule is COc1c(Cl)cc(C)cc1C1(N=C=O)CCC1. The maximum atomic E-state index is 10.6. The fourth-order valence-corrected chi connectivity index (χ4v) is 2.67. The van der Waals surface area contributed by atoms with Crippen LogP contribution < -0.4 is 4.74 Å². The molecule has 4 heteroatoms. The standard InChI is InChI=1S/C13H14ClNO2/c1-9-6-10(12(17-2)11(14)7-9)13(15-8-16)4-3-5-13/h6-7H,3-5H2,1-2H3. The van der Waals surface area contributed by atoms with Crippen molar-refractivity contribution in [2.24, 2.45) is 4.99 Å². The highest BCUT2D eigenvalue weighted by Crippen LogP contribution is 2.49. The molecule has 0 spiro atoms. The second-order valence-corrected chi connectivity index (χ2v) is 4.82. The van der Waals surface area contributed by atoms with Gasteiger partial charge in [-0.25, -0.2) is 4.79 Å². The van der Waals surface area contributed by atoms with Crippen molar-refractivity contribution < 1.29 is 9.53 Å². The number of isocyanates is 1. The van der Waals surface area contributed by atoms with Gasteiger partial charge in [-0.1, -0.05) is 11.6 Å². The number of benzene rings is 1. The quantitative estimate of drug-likeness (QED) is 0.610. The van der Waals surface area contributed by atoms with Crippen molar-refractivity contribution in [3.8, 4) is 5.75 Å². The van der Waals surface area contributed by atoms with Crippen LogP contribution in [0.25, 0.3) is 0 Å². The number of aryl methyl sites for hydroxylation is 1. The molecule has 1 saturated carbocycles. The topological polar surface area (TPSA) is 38.7 Å². The van der Waals surface area contributed by atoms with Crippen molar-refractivity contribution in [2.45, 2.75) is 31.7 Å². The molecule has 0 aliphatic heterocycles. The molecule has 0 bridgehead atoms. The van der Waals surface area contributed by atoms with Crippen LogP contribution in [0.3, 0.4) is 0 Å². The summed E-state index contributed by atoms with van der Waals surface area (Å²) in [5.74, 6) is 0.621. The van der Waals surface area contributed by atoms with Crippen LogP contribution in [0.2, 0.25) is 5.02 Å². The van der Waals surface area contributed by atoms with Crippen LogP contribution >= 0.6 is 11.6 Å². The first kappa shape index (κ1) is 12.2. The molecule has 1 fully saturated rings. The highest BCUT2D eigenvalue weighted by atomic mass is 35.5. The van der Waals surface area contributed by atoms with Gasteiger partial charge in [0.15, 0.2) is 0 Å². The average Bonchev–Trinajstić information content (AvgIpc) is 2.22. The van der Waals surface area contributed by atoms with Gasteiger partial charge >= 0.3 is 0 Å². The Labute approximate surface area is 105 Å². The maximum Gasteiger partial charge on any atom is 0.235 e. The summed E-state index contributed by atoms with van der Waals surface area (Å²) in [6.45, 7) is 1.96. The number of halogens is 1. The molecule has 0 heterocycles. The summed E-state index contributed by atoms with van der Waals surface area (Å²) in [5, 5.41) is 0.565. The third kappa shape index (κ3) is 1.97. The van der Waals surface area contributed by atoms with Crippen molar-refractivity contribution >= 4 is 17.7 Å². The van der Waals surface area contributed by atoms with Crippen LogP contribution in [-0.2, 0) is 10.3 Å². The first-order valence-corrected chi connectivity index (χ1v) is 5.94. The molecule has 1 aliphatic carbocycles. The van der Waals surface area contributed by atoms with Gasteiger partial charge in [-0.2, -0.15) is 4.99 Å². The Morgan fingerprint density at radius 2 is 2.18 bits per heavy atom. The van der Waals surface area contributed by atoms with E-state index < -0.39 is 5.54 Å². The Bertz CT molecular complexity index is 488. The minimum absolute atomic E-state index is 0.469. The lowest BCUT2D eigenvalue weighted by atomic mass is 9.71. The van der Waals surface area contributed by atoms with E-state index in [2.05, 4.69) is 4.99 Å². The highest BCUT2D eigenvalue weighted by Gasteiger charge is 2.41. The molecule has 0 atom stereocenters. The predicted molar refractivity (Wildman–Crippen MR) is 66.4 cm³/mol. The number of nitrogens with zero attached hydrogens (tertiary/aromatic N) is 1. The minimum atomic E-state index is -0.469. The second-order valence-electron chi connectivity index (χ2n) is 4.42. The molecule has 0 radical (unpaired) electrons. The number of ether oxygens (including phenoxy) is 1. The van der Waals surface area contributed by atoms with E-state index in [-0.39, 0.29) is 0 Å². The van der Waals surface area contributed by atoms with Crippen molar-refractivity contribution in [3.63, 3.8) is 0 Å². The molecule has 0 N–H and O–H groups in total. The molecule has 0 amide bonds. The number of rotatable bonds is 3. The van der Waals surface area contributed by atoms with Gasteiger partial charge in [-0.15, -0.1) is 0 Å². The average molecular weight is 252 g/mol. The second kappa shape index (κ2) is 4.52. The van der Waals surface area contributed by atoms with Crippen LogP contribution in [0.1, 0.15) is 30.4 Å². The smallest absolute Gasteiger partial charge is 0.235 e. The van der Waals surface area contributed by atoms with Crippen LogP contribution in [-0.4, -0.2) is 13.2 Å². The van der Waals surface area contributed by atoms with Crippen LogP contribution in [0, 0.1) is 6.92 Å². The normalized spacial score (nSPS) is 16.9. The lowest BCUT2D eigenvalue weighted by molar-refractivity contribution is 0.246. The first-order chi connectivity index (χ1) is 8.13. The zero-order valence-electron chi connectivity index (χ0n) is 9.92. The van der Waals surface area contributed by atoms with Crippen molar-refractivity contribution in [3.05, 3.63) is 28.3 Å². The van der Waals surface area contributed by atoms with E-state index in [4.69, 9.17) is 16.3 Å². The van der Waals surface area contributed by atoms with E-state index in [1.807, 2.05) is 19.1 Å². The molecule has 90 valence electrons. The molecule has 0 unspecified atom stereocenters. The molecule has 1 aromatic rings. The summed E-state index contributed by atoms with van der Waals surface area (Å²) in [6.07, 6.45) is 4.42. The zero-order valence-corrected chi connectivity index (χ0v) is 10.7. The van der Waals surface area contributed by atoms with Crippen LogP contribution in [0.5, 0.6) is 5.75 Å².